The first kappa shape index (κ1) is 20.5. The van der Waals surface area contributed by atoms with E-state index in [1.165, 1.54) is 18.0 Å². The van der Waals surface area contributed by atoms with Crippen LogP contribution >= 0.6 is 0 Å². The summed E-state index contributed by atoms with van der Waals surface area (Å²) in [6.45, 7) is 8.42. The summed E-state index contributed by atoms with van der Waals surface area (Å²) in [6, 6.07) is 12.0. The van der Waals surface area contributed by atoms with Gasteiger partial charge in [-0.1, -0.05) is 44.2 Å². The van der Waals surface area contributed by atoms with Crippen molar-refractivity contribution in [2.24, 2.45) is 17.3 Å². The Kier molecular flexibility index (Phi) is 5.81. The van der Waals surface area contributed by atoms with Crippen LogP contribution in [0.25, 0.3) is 0 Å². The summed E-state index contributed by atoms with van der Waals surface area (Å²) in [4.78, 5) is 30.0. The lowest BCUT2D eigenvalue weighted by Crippen LogP contribution is -2.64. The van der Waals surface area contributed by atoms with Gasteiger partial charge in [0.2, 0.25) is 5.91 Å². The third-order valence-corrected chi connectivity index (χ3v) is 6.10. The molecule has 1 aromatic heterocycles. The zero-order valence-corrected chi connectivity index (χ0v) is 17.6. The summed E-state index contributed by atoms with van der Waals surface area (Å²) >= 11 is 0. The highest BCUT2D eigenvalue weighted by Crippen LogP contribution is 2.45. The van der Waals surface area contributed by atoms with E-state index in [0.717, 1.165) is 19.6 Å². The minimum atomic E-state index is -0.189. The number of nitrogens with zero attached hydrogens (tertiary/aromatic N) is 4. The van der Waals surface area contributed by atoms with E-state index in [1.54, 1.807) is 6.07 Å². The fraction of sp³-hybridized carbons (Fsp3) is 0.478. The first-order chi connectivity index (χ1) is 14.5. The van der Waals surface area contributed by atoms with Crippen LogP contribution in [0, 0.1) is 17.3 Å². The van der Waals surface area contributed by atoms with Gasteiger partial charge in [0.05, 0.1) is 23.9 Å². The first-order valence-corrected chi connectivity index (χ1v) is 10.6. The molecule has 2 aliphatic heterocycles. The lowest BCUT2D eigenvalue weighted by atomic mass is 9.71. The van der Waals surface area contributed by atoms with Crippen molar-refractivity contribution in [3.63, 3.8) is 0 Å². The van der Waals surface area contributed by atoms with Gasteiger partial charge in [0.15, 0.2) is 0 Å². The van der Waals surface area contributed by atoms with Gasteiger partial charge in [0.1, 0.15) is 0 Å². The zero-order chi connectivity index (χ0) is 21.1. The number of amides is 2. The number of hydrogen-bond acceptors (Lipinski definition) is 5. The standard InChI is InChI=1S/C23H29N5O2/c1-17(2)10-24-21(29)20-13-27(12-18-6-4-3-5-7-18)14-23(20)15-28(16-23)22(30)19-8-9-25-26-11-19/h3-9,11,17,20H,10,12-16H2,1-2H3,(H,24,29). The van der Waals surface area contributed by atoms with Gasteiger partial charge in [0, 0.05) is 44.7 Å². The third kappa shape index (κ3) is 4.21. The number of rotatable bonds is 6. The molecule has 1 N–H and O–H groups in total. The van der Waals surface area contributed by atoms with Crippen LogP contribution in [0.4, 0.5) is 0 Å². The van der Waals surface area contributed by atoms with E-state index in [2.05, 4.69) is 46.4 Å². The van der Waals surface area contributed by atoms with E-state index in [0.29, 0.717) is 31.1 Å². The number of benzene rings is 1. The topological polar surface area (TPSA) is 78.4 Å². The molecule has 2 aliphatic rings. The molecule has 4 rings (SSSR count). The van der Waals surface area contributed by atoms with E-state index >= 15 is 0 Å². The van der Waals surface area contributed by atoms with Gasteiger partial charge < -0.3 is 10.2 Å². The van der Waals surface area contributed by atoms with Gasteiger partial charge in [0.25, 0.3) is 5.91 Å². The second-order valence-corrected chi connectivity index (χ2v) is 9.00. The highest BCUT2D eigenvalue weighted by atomic mass is 16.2. The Bertz CT molecular complexity index is 881. The van der Waals surface area contributed by atoms with Crippen LogP contribution in [0.15, 0.2) is 48.8 Å². The Morgan fingerprint density at radius 2 is 1.90 bits per heavy atom. The molecule has 1 aromatic carbocycles. The number of carbonyl (C=O) groups is 2. The number of aromatic nitrogens is 2. The molecule has 2 saturated heterocycles. The van der Waals surface area contributed by atoms with Crippen molar-refractivity contribution in [1.82, 2.24) is 25.3 Å². The Morgan fingerprint density at radius 3 is 2.57 bits per heavy atom. The van der Waals surface area contributed by atoms with Crippen LogP contribution in [-0.2, 0) is 11.3 Å². The fourth-order valence-electron chi connectivity index (χ4n) is 4.60. The second-order valence-electron chi connectivity index (χ2n) is 9.00. The van der Waals surface area contributed by atoms with Gasteiger partial charge in [-0.3, -0.25) is 14.5 Å². The Morgan fingerprint density at radius 1 is 1.13 bits per heavy atom. The summed E-state index contributed by atoms with van der Waals surface area (Å²) in [7, 11) is 0. The molecule has 1 unspecified atom stereocenters. The molecule has 7 heteroatoms. The molecule has 1 atom stereocenters. The number of carbonyl (C=O) groups excluding carboxylic acids is 2. The molecule has 2 amide bonds. The third-order valence-electron chi connectivity index (χ3n) is 6.10. The van der Waals surface area contributed by atoms with Crippen LogP contribution in [0.2, 0.25) is 0 Å². The van der Waals surface area contributed by atoms with E-state index in [1.807, 2.05) is 23.1 Å². The molecule has 30 heavy (non-hydrogen) atoms. The predicted octanol–water partition coefficient (Wildman–Crippen LogP) is 1.82. The Balaban J connectivity index is 1.47. The Hall–Kier alpha value is -2.80. The largest absolute Gasteiger partial charge is 0.356 e. The first-order valence-electron chi connectivity index (χ1n) is 10.6. The molecule has 2 aromatic rings. The van der Waals surface area contributed by atoms with E-state index < -0.39 is 0 Å². The molecule has 1 spiro atoms. The van der Waals surface area contributed by atoms with Gasteiger partial charge >= 0.3 is 0 Å². The minimum absolute atomic E-state index is 0.0432. The van der Waals surface area contributed by atoms with Crippen LogP contribution < -0.4 is 5.32 Å². The molecule has 2 fully saturated rings. The molecule has 7 nitrogen and oxygen atoms in total. The van der Waals surface area contributed by atoms with E-state index in [4.69, 9.17) is 0 Å². The molecule has 0 bridgehead atoms. The van der Waals surface area contributed by atoms with Gasteiger partial charge in [-0.2, -0.15) is 10.2 Å². The van der Waals surface area contributed by atoms with Crippen molar-refractivity contribution in [3.05, 3.63) is 59.9 Å². The van der Waals surface area contributed by atoms with Gasteiger partial charge in [-0.05, 0) is 17.5 Å². The van der Waals surface area contributed by atoms with Crippen LogP contribution in [0.5, 0.6) is 0 Å². The predicted molar refractivity (Wildman–Crippen MR) is 113 cm³/mol. The normalized spacial score (nSPS) is 20.4. The van der Waals surface area contributed by atoms with Crippen LogP contribution in [0.1, 0.15) is 29.8 Å². The summed E-state index contributed by atoms with van der Waals surface area (Å²) in [6.07, 6.45) is 3.03. The molecule has 0 aliphatic carbocycles. The maximum absolute atomic E-state index is 13.0. The lowest BCUT2D eigenvalue weighted by Gasteiger charge is -2.50. The second kappa shape index (κ2) is 8.52. The molecule has 158 valence electrons. The van der Waals surface area contributed by atoms with Crippen molar-refractivity contribution in [1.29, 1.82) is 0 Å². The molecule has 3 heterocycles. The fourth-order valence-corrected chi connectivity index (χ4v) is 4.60. The number of nitrogens with one attached hydrogen (secondary N) is 1. The van der Waals surface area contributed by atoms with Crippen molar-refractivity contribution in [3.8, 4) is 0 Å². The average molecular weight is 408 g/mol. The van der Waals surface area contributed by atoms with Crippen molar-refractivity contribution >= 4 is 11.8 Å². The Labute approximate surface area is 177 Å². The summed E-state index contributed by atoms with van der Waals surface area (Å²) in [5.41, 5.74) is 1.59. The monoisotopic (exact) mass is 407 g/mol. The summed E-state index contributed by atoms with van der Waals surface area (Å²) in [5.74, 6) is 0.361. The summed E-state index contributed by atoms with van der Waals surface area (Å²) in [5, 5.41) is 10.7. The molecule has 0 saturated carbocycles. The zero-order valence-electron chi connectivity index (χ0n) is 17.6. The smallest absolute Gasteiger partial charge is 0.255 e. The summed E-state index contributed by atoms with van der Waals surface area (Å²) < 4.78 is 0. The van der Waals surface area contributed by atoms with Crippen LogP contribution in [-0.4, -0.2) is 64.5 Å². The lowest BCUT2D eigenvalue weighted by molar-refractivity contribution is -0.131. The highest BCUT2D eigenvalue weighted by molar-refractivity contribution is 5.94. The van der Waals surface area contributed by atoms with Crippen molar-refractivity contribution in [2.45, 2.75) is 20.4 Å². The van der Waals surface area contributed by atoms with Crippen molar-refractivity contribution < 1.29 is 9.59 Å². The maximum Gasteiger partial charge on any atom is 0.255 e. The van der Waals surface area contributed by atoms with E-state index in [9.17, 15) is 9.59 Å². The van der Waals surface area contributed by atoms with Crippen LogP contribution in [0.3, 0.4) is 0 Å². The average Bonchev–Trinajstić information content (AvgIpc) is 3.11. The number of hydrogen-bond donors (Lipinski definition) is 1. The quantitative estimate of drug-likeness (QED) is 0.790. The SMILES string of the molecule is CC(C)CNC(=O)C1CN(Cc2ccccc2)CC12CN(C(=O)c1ccnnc1)C2. The molecule has 0 radical (unpaired) electrons. The van der Waals surface area contributed by atoms with Gasteiger partial charge in [-0.15, -0.1) is 0 Å². The highest BCUT2D eigenvalue weighted by Gasteiger charge is 2.57. The molecular weight excluding hydrogens is 378 g/mol. The van der Waals surface area contributed by atoms with E-state index in [-0.39, 0.29) is 23.1 Å². The van der Waals surface area contributed by atoms with Crippen molar-refractivity contribution in [2.75, 3.05) is 32.7 Å². The minimum Gasteiger partial charge on any atom is -0.356 e. The van der Waals surface area contributed by atoms with Gasteiger partial charge in [-0.25, -0.2) is 0 Å². The number of likely N-dealkylation sites (tertiary alicyclic amines) is 2. The molecular formula is C23H29N5O2. The maximum atomic E-state index is 13.0.